The molecule has 1 saturated heterocycles. The van der Waals surface area contributed by atoms with Crippen molar-refractivity contribution < 1.29 is 14.3 Å². The lowest BCUT2D eigenvalue weighted by Crippen LogP contribution is -2.50. The number of amides is 1. The van der Waals surface area contributed by atoms with Crippen molar-refractivity contribution in [2.45, 2.75) is 45.2 Å². The Balaban J connectivity index is 1.45. The Kier molecular flexibility index (Phi) is 4.80. The maximum absolute atomic E-state index is 12.3. The van der Waals surface area contributed by atoms with Gasteiger partial charge in [-0.2, -0.15) is 8.75 Å². The van der Waals surface area contributed by atoms with Crippen molar-refractivity contribution in [3.8, 4) is 0 Å². The molecule has 3 aliphatic carbocycles. The van der Waals surface area contributed by atoms with Gasteiger partial charge in [0.2, 0.25) is 0 Å². The van der Waals surface area contributed by atoms with Crippen LogP contribution in [-0.4, -0.2) is 57.8 Å². The zero-order chi connectivity index (χ0) is 19.2. The van der Waals surface area contributed by atoms with Crippen LogP contribution in [0, 0.1) is 17.3 Å². The van der Waals surface area contributed by atoms with E-state index in [1.54, 1.807) is 0 Å². The molecule has 1 aliphatic heterocycles. The van der Waals surface area contributed by atoms with Crippen molar-refractivity contribution in [3.05, 3.63) is 23.5 Å². The fourth-order valence-corrected chi connectivity index (χ4v) is 5.39. The summed E-state index contributed by atoms with van der Waals surface area (Å²) < 4.78 is 12.9. The number of aromatic nitrogens is 2. The van der Waals surface area contributed by atoms with Crippen molar-refractivity contribution in [1.82, 2.24) is 19.0 Å². The van der Waals surface area contributed by atoms with Gasteiger partial charge < -0.3 is 10.1 Å². The topological polar surface area (TPSA) is 84.4 Å². The third-order valence-electron chi connectivity index (χ3n) is 6.77. The Morgan fingerprint density at radius 2 is 2.22 bits per heavy atom. The summed E-state index contributed by atoms with van der Waals surface area (Å²) in [5.41, 5.74) is 2.12. The first-order valence-corrected chi connectivity index (χ1v) is 10.2. The number of rotatable bonds is 5. The molecule has 27 heavy (non-hydrogen) atoms. The number of hydrogen-bond donors (Lipinski definition) is 1. The SMILES string of the molecule is COC(=O)[C@@H]1C[C@H](NC(=O)c2cnsn2)CN1CC1=CC[C@H]2C[C@@H]1C2(C)C. The molecule has 146 valence electrons. The molecule has 0 spiro atoms. The highest BCUT2D eigenvalue weighted by Crippen LogP contribution is 2.59. The molecule has 0 aromatic carbocycles. The van der Waals surface area contributed by atoms with E-state index in [0.717, 1.165) is 30.6 Å². The molecule has 1 aromatic rings. The minimum Gasteiger partial charge on any atom is -0.468 e. The summed E-state index contributed by atoms with van der Waals surface area (Å²) in [4.78, 5) is 26.8. The predicted octanol–water partition coefficient (Wildman–Crippen LogP) is 1.88. The van der Waals surface area contributed by atoms with E-state index in [1.807, 2.05) is 0 Å². The molecule has 7 nitrogen and oxygen atoms in total. The summed E-state index contributed by atoms with van der Waals surface area (Å²) in [6, 6.07) is -0.426. The smallest absolute Gasteiger partial charge is 0.323 e. The quantitative estimate of drug-likeness (QED) is 0.610. The molecule has 1 saturated carbocycles. The van der Waals surface area contributed by atoms with Crippen LogP contribution < -0.4 is 5.32 Å². The number of ether oxygens (including phenoxy) is 1. The molecule has 1 amide bonds. The van der Waals surface area contributed by atoms with Gasteiger partial charge in [-0.1, -0.05) is 25.5 Å². The van der Waals surface area contributed by atoms with E-state index in [4.69, 9.17) is 4.74 Å². The van der Waals surface area contributed by atoms with Crippen molar-refractivity contribution in [3.63, 3.8) is 0 Å². The maximum atomic E-state index is 12.3. The standard InChI is InChI=1S/C19H26N4O3S/c1-19(2)12-5-4-11(14(19)6-12)9-23-10-13(7-16(23)18(25)26-3)21-17(24)15-8-20-27-22-15/h4,8,12-14,16H,5-7,9-10H2,1-3H3,(H,21,24)/t12-,13-,14-,16-/m0/s1. The zero-order valence-electron chi connectivity index (χ0n) is 16.0. The van der Waals surface area contributed by atoms with Gasteiger partial charge in [-0.25, -0.2) is 0 Å². The molecule has 4 aliphatic rings. The lowest BCUT2D eigenvalue weighted by molar-refractivity contribution is -0.145. The first-order valence-electron chi connectivity index (χ1n) is 9.49. The second kappa shape index (κ2) is 6.98. The molecule has 1 N–H and O–H groups in total. The second-order valence-corrected chi connectivity index (χ2v) is 9.05. The van der Waals surface area contributed by atoms with Crippen LogP contribution in [0.3, 0.4) is 0 Å². The van der Waals surface area contributed by atoms with Gasteiger partial charge in [0.15, 0.2) is 5.69 Å². The minimum absolute atomic E-state index is 0.102. The number of allylic oxidation sites excluding steroid dienone is 1. The van der Waals surface area contributed by atoms with Crippen LogP contribution in [0.1, 0.15) is 43.6 Å². The van der Waals surface area contributed by atoms with E-state index < -0.39 is 0 Å². The molecule has 8 heteroatoms. The molecule has 5 rings (SSSR count). The lowest BCUT2D eigenvalue weighted by Gasteiger charge is -2.57. The number of methoxy groups -OCH3 is 1. The van der Waals surface area contributed by atoms with Gasteiger partial charge in [-0.05, 0) is 36.5 Å². The van der Waals surface area contributed by atoms with Gasteiger partial charge in [0.05, 0.1) is 25.0 Å². The Labute approximate surface area is 163 Å². The van der Waals surface area contributed by atoms with Crippen LogP contribution in [0.4, 0.5) is 0 Å². The van der Waals surface area contributed by atoms with Crippen LogP contribution in [0.5, 0.6) is 0 Å². The minimum atomic E-state index is -0.323. The van der Waals surface area contributed by atoms with Crippen molar-refractivity contribution in [1.29, 1.82) is 0 Å². The largest absolute Gasteiger partial charge is 0.468 e. The molecule has 2 fully saturated rings. The van der Waals surface area contributed by atoms with E-state index in [-0.39, 0.29) is 24.0 Å². The van der Waals surface area contributed by atoms with Crippen LogP contribution in [0.25, 0.3) is 0 Å². The highest BCUT2D eigenvalue weighted by Gasteiger charge is 2.52. The van der Waals surface area contributed by atoms with Crippen molar-refractivity contribution >= 4 is 23.6 Å². The first-order chi connectivity index (χ1) is 12.9. The molecular weight excluding hydrogens is 364 g/mol. The van der Waals surface area contributed by atoms with E-state index in [2.05, 4.69) is 38.9 Å². The number of fused-ring (bicyclic) bond motifs is 1. The third-order valence-corrected chi connectivity index (χ3v) is 7.25. The van der Waals surface area contributed by atoms with Crippen LogP contribution in [0.15, 0.2) is 17.8 Å². The Hall–Kier alpha value is -1.80. The predicted molar refractivity (Wildman–Crippen MR) is 101 cm³/mol. The number of carbonyl (C=O) groups is 2. The summed E-state index contributed by atoms with van der Waals surface area (Å²) in [5.74, 6) is 0.924. The summed E-state index contributed by atoms with van der Waals surface area (Å²) in [5, 5.41) is 2.99. The lowest BCUT2D eigenvalue weighted by atomic mass is 9.49. The highest BCUT2D eigenvalue weighted by atomic mass is 32.1. The van der Waals surface area contributed by atoms with Crippen molar-refractivity contribution in [2.75, 3.05) is 20.2 Å². The summed E-state index contributed by atoms with van der Waals surface area (Å²) in [6.07, 6.45) is 6.77. The van der Waals surface area contributed by atoms with Gasteiger partial charge in [0.25, 0.3) is 5.91 Å². The van der Waals surface area contributed by atoms with Crippen LogP contribution >= 0.6 is 11.7 Å². The highest BCUT2D eigenvalue weighted by molar-refractivity contribution is 6.99. The molecule has 1 aromatic heterocycles. The molecule has 2 bridgehead atoms. The second-order valence-electron chi connectivity index (χ2n) is 8.49. The average Bonchev–Trinajstić information content (AvgIpc) is 3.31. The van der Waals surface area contributed by atoms with E-state index >= 15 is 0 Å². The fraction of sp³-hybridized carbons (Fsp3) is 0.684. The Morgan fingerprint density at radius 3 is 2.85 bits per heavy atom. The number of likely N-dealkylation sites (tertiary alicyclic amines) is 1. The molecule has 0 unspecified atom stereocenters. The normalized spacial score (nSPS) is 31.7. The maximum Gasteiger partial charge on any atom is 0.323 e. The molecular formula is C19H26N4O3S. The Bertz CT molecular complexity index is 761. The number of esters is 1. The van der Waals surface area contributed by atoms with Gasteiger partial charge in [-0.3, -0.25) is 14.5 Å². The number of nitrogens with zero attached hydrogens (tertiary/aromatic N) is 3. The number of hydrogen-bond acceptors (Lipinski definition) is 7. The average molecular weight is 391 g/mol. The molecule has 2 heterocycles. The third kappa shape index (κ3) is 3.29. The number of carbonyl (C=O) groups excluding carboxylic acids is 2. The van der Waals surface area contributed by atoms with Gasteiger partial charge in [0.1, 0.15) is 6.04 Å². The molecule has 4 atom stereocenters. The summed E-state index contributed by atoms with van der Waals surface area (Å²) in [6.45, 7) is 6.11. The fourth-order valence-electron chi connectivity index (χ4n) is 4.98. The Morgan fingerprint density at radius 1 is 1.41 bits per heavy atom. The number of nitrogens with one attached hydrogen (secondary N) is 1. The van der Waals surface area contributed by atoms with Crippen LogP contribution in [-0.2, 0) is 9.53 Å². The summed E-state index contributed by atoms with van der Waals surface area (Å²) >= 11 is 1.01. The van der Waals surface area contributed by atoms with Crippen molar-refractivity contribution in [2.24, 2.45) is 17.3 Å². The van der Waals surface area contributed by atoms with E-state index in [1.165, 1.54) is 25.3 Å². The van der Waals surface area contributed by atoms with E-state index in [0.29, 0.717) is 30.0 Å². The van der Waals surface area contributed by atoms with E-state index in [9.17, 15) is 9.59 Å². The monoisotopic (exact) mass is 390 g/mol. The first kappa shape index (κ1) is 18.6. The van der Waals surface area contributed by atoms with Crippen LogP contribution in [0.2, 0.25) is 0 Å². The van der Waals surface area contributed by atoms with Gasteiger partial charge >= 0.3 is 5.97 Å². The summed E-state index contributed by atoms with van der Waals surface area (Å²) in [7, 11) is 1.42. The van der Waals surface area contributed by atoms with Gasteiger partial charge in [0, 0.05) is 19.1 Å². The zero-order valence-corrected chi connectivity index (χ0v) is 16.8. The van der Waals surface area contributed by atoms with Gasteiger partial charge in [-0.15, -0.1) is 0 Å². The molecule has 0 radical (unpaired) electrons.